The Labute approximate surface area is 114 Å². The number of hydrogen-bond donors (Lipinski definition) is 2. The van der Waals surface area contributed by atoms with Crippen LogP contribution in [0.4, 0.5) is 0 Å². The number of rotatable bonds is 8. The summed E-state index contributed by atoms with van der Waals surface area (Å²) in [5, 5.41) is 0.682. The van der Waals surface area contributed by atoms with E-state index in [1.807, 2.05) is 12.1 Å². The quantitative estimate of drug-likeness (QED) is 0.714. The highest BCUT2D eigenvalue weighted by atomic mass is 35.5. The van der Waals surface area contributed by atoms with Gasteiger partial charge in [-0.3, -0.25) is 0 Å². The summed E-state index contributed by atoms with van der Waals surface area (Å²) in [5.41, 5.74) is 6.38. The zero-order valence-electron chi connectivity index (χ0n) is 10.2. The molecule has 0 atom stereocenters. The standard InChI is InChI=1S/C12H19ClN2O2S/c13-12-5-3-11(4-6-12)7-9-15-18(16,17)10-2-1-8-14/h3-6,15H,1-2,7-10,14H2. The van der Waals surface area contributed by atoms with Crippen molar-refractivity contribution in [3.8, 4) is 0 Å². The first-order valence-electron chi connectivity index (χ1n) is 5.95. The van der Waals surface area contributed by atoms with Crippen molar-refractivity contribution in [2.24, 2.45) is 5.73 Å². The van der Waals surface area contributed by atoms with E-state index in [2.05, 4.69) is 4.72 Å². The van der Waals surface area contributed by atoms with Crippen molar-refractivity contribution >= 4 is 21.6 Å². The third-order valence-corrected chi connectivity index (χ3v) is 4.24. The summed E-state index contributed by atoms with van der Waals surface area (Å²) in [7, 11) is -3.16. The molecule has 0 aliphatic carbocycles. The SMILES string of the molecule is NCCCCS(=O)(=O)NCCc1ccc(Cl)cc1. The van der Waals surface area contributed by atoms with Crippen LogP contribution in [0.3, 0.4) is 0 Å². The van der Waals surface area contributed by atoms with E-state index in [1.165, 1.54) is 0 Å². The number of nitrogens with two attached hydrogens (primary N) is 1. The van der Waals surface area contributed by atoms with Crippen LogP contribution >= 0.6 is 11.6 Å². The van der Waals surface area contributed by atoms with Gasteiger partial charge in [-0.15, -0.1) is 0 Å². The van der Waals surface area contributed by atoms with Crippen molar-refractivity contribution in [3.63, 3.8) is 0 Å². The Hall–Kier alpha value is -0.620. The molecule has 0 amide bonds. The molecule has 3 N–H and O–H groups in total. The molecular weight excluding hydrogens is 272 g/mol. The molecule has 1 aromatic rings. The molecule has 0 bridgehead atoms. The first-order chi connectivity index (χ1) is 8.53. The normalized spacial score (nSPS) is 11.7. The van der Waals surface area contributed by atoms with Crippen molar-refractivity contribution in [3.05, 3.63) is 34.9 Å². The van der Waals surface area contributed by atoms with Gasteiger partial charge in [0, 0.05) is 11.6 Å². The number of halogens is 1. The fourth-order valence-corrected chi connectivity index (χ4v) is 2.78. The Bertz CT molecular complexity index is 446. The topological polar surface area (TPSA) is 72.2 Å². The third kappa shape index (κ3) is 6.35. The van der Waals surface area contributed by atoms with E-state index in [0.29, 0.717) is 31.0 Å². The zero-order chi connectivity index (χ0) is 13.4. The van der Waals surface area contributed by atoms with E-state index in [-0.39, 0.29) is 5.75 Å². The van der Waals surface area contributed by atoms with Gasteiger partial charge in [-0.2, -0.15) is 0 Å². The van der Waals surface area contributed by atoms with E-state index in [0.717, 1.165) is 12.0 Å². The van der Waals surface area contributed by atoms with Crippen LogP contribution in [-0.4, -0.2) is 27.3 Å². The highest BCUT2D eigenvalue weighted by molar-refractivity contribution is 7.89. The average molecular weight is 291 g/mol. The highest BCUT2D eigenvalue weighted by Crippen LogP contribution is 2.09. The van der Waals surface area contributed by atoms with Gasteiger partial charge in [-0.25, -0.2) is 13.1 Å². The Morgan fingerprint density at radius 1 is 1.17 bits per heavy atom. The molecule has 0 fully saturated rings. The predicted molar refractivity (Wildman–Crippen MR) is 75.2 cm³/mol. The van der Waals surface area contributed by atoms with Crippen molar-refractivity contribution in [1.82, 2.24) is 4.72 Å². The Morgan fingerprint density at radius 3 is 2.44 bits per heavy atom. The maximum Gasteiger partial charge on any atom is 0.211 e. The van der Waals surface area contributed by atoms with Crippen LogP contribution in [0.15, 0.2) is 24.3 Å². The molecular formula is C12H19ClN2O2S. The van der Waals surface area contributed by atoms with Gasteiger partial charge < -0.3 is 5.73 Å². The zero-order valence-corrected chi connectivity index (χ0v) is 11.8. The molecule has 0 aromatic heterocycles. The lowest BCUT2D eigenvalue weighted by Crippen LogP contribution is -2.28. The van der Waals surface area contributed by atoms with Gasteiger partial charge in [-0.1, -0.05) is 23.7 Å². The summed E-state index contributed by atoms with van der Waals surface area (Å²) < 4.78 is 25.7. The summed E-state index contributed by atoms with van der Waals surface area (Å²) in [4.78, 5) is 0. The maximum absolute atomic E-state index is 11.6. The van der Waals surface area contributed by atoms with E-state index >= 15 is 0 Å². The molecule has 0 radical (unpaired) electrons. The molecule has 6 heteroatoms. The fourth-order valence-electron chi connectivity index (χ4n) is 1.51. The molecule has 0 unspecified atom stereocenters. The van der Waals surface area contributed by atoms with E-state index in [4.69, 9.17) is 17.3 Å². The van der Waals surface area contributed by atoms with E-state index < -0.39 is 10.0 Å². The lowest BCUT2D eigenvalue weighted by atomic mass is 10.2. The van der Waals surface area contributed by atoms with Crippen LogP contribution in [0, 0.1) is 0 Å². The van der Waals surface area contributed by atoms with Gasteiger partial charge in [0.2, 0.25) is 10.0 Å². The summed E-state index contributed by atoms with van der Waals surface area (Å²) in [5.74, 6) is 0.144. The Kier molecular flexibility index (Phi) is 6.63. The first kappa shape index (κ1) is 15.4. The molecule has 0 heterocycles. The van der Waals surface area contributed by atoms with Crippen LogP contribution in [0.25, 0.3) is 0 Å². The summed E-state index contributed by atoms with van der Waals surface area (Å²) in [6.45, 7) is 0.937. The lowest BCUT2D eigenvalue weighted by Gasteiger charge is -2.06. The molecule has 1 aromatic carbocycles. The maximum atomic E-state index is 11.6. The van der Waals surface area contributed by atoms with Gasteiger partial charge in [0.1, 0.15) is 0 Å². The summed E-state index contributed by atoms with van der Waals surface area (Å²) in [6, 6.07) is 7.38. The molecule has 1 rings (SSSR count). The molecule has 4 nitrogen and oxygen atoms in total. The molecule has 0 aliphatic rings. The number of hydrogen-bond acceptors (Lipinski definition) is 3. The van der Waals surface area contributed by atoms with E-state index in [1.54, 1.807) is 12.1 Å². The molecule has 18 heavy (non-hydrogen) atoms. The van der Waals surface area contributed by atoms with Crippen LogP contribution < -0.4 is 10.5 Å². The lowest BCUT2D eigenvalue weighted by molar-refractivity contribution is 0.577. The summed E-state index contributed by atoms with van der Waals surface area (Å²) >= 11 is 5.77. The van der Waals surface area contributed by atoms with Crippen LogP contribution in [0.5, 0.6) is 0 Å². The Balaban J connectivity index is 2.30. The smallest absolute Gasteiger partial charge is 0.211 e. The van der Waals surface area contributed by atoms with Crippen LogP contribution in [-0.2, 0) is 16.4 Å². The highest BCUT2D eigenvalue weighted by Gasteiger charge is 2.08. The minimum absolute atomic E-state index is 0.144. The minimum atomic E-state index is -3.16. The second-order valence-electron chi connectivity index (χ2n) is 4.09. The van der Waals surface area contributed by atoms with Crippen LogP contribution in [0.2, 0.25) is 5.02 Å². The number of benzene rings is 1. The van der Waals surface area contributed by atoms with Crippen molar-refractivity contribution in [1.29, 1.82) is 0 Å². The second kappa shape index (κ2) is 7.74. The number of sulfonamides is 1. The molecule has 102 valence electrons. The van der Waals surface area contributed by atoms with Gasteiger partial charge in [0.25, 0.3) is 0 Å². The molecule has 0 saturated carbocycles. The van der Waals surface area contributed by atoms with Crippen molar-refractivity contribution < 1.29 is 8.42 Å². The van der Waals surface area contributed by atoms with Gasteiger partial charge in [0.15, 0.2) is 0 Å². The van der Waals surface area contributed by atoms with E-state index in [9.17, 15) is 8.42 Å². The van der Waals surface area contributed by atoms with Crippen molar-refractivity contribution in [2.45, 2.75) is 19.3 Å². The number of nitrogens with one attached hydrogen (secondary N) is 1. The summed E-state index contributed by atoms with van der Waals surface area (Å²) in [6.07, 6.45) is 2.00. The van der Waals surface area contributed by atoms with Gasteiger partial charge in [-0.05, 0) is 43.5 Å². The predicted octanol–water partition coefficient (Wildman–Crippen LogP) is 1.54. The fraction of sp³-hybridized carbons (Fsp3) is 0.500. The minimum Gasteiger partial charge on any atom is -0.330 e. The van der Waals surface area contributed by atoms with Crippen molar-refractivity contribution in [2.75, 3.05) is 18.8 Å². The Morgan fingerprint density at radius 2 is 1.83 bits per heavy atom. The van der Waals surface area contributed by atoms with Crippen LogP contribution in [0.1, 0.15) is 18.4 Å². The molecule has 0 aliphatic heterocycles. The first-order valence-corrected chi connectivity index (χ1v) is 7.98. The molecule has 0 saturated heterocycles. The van der Waals surface area contributed by atoms with Gasteiger partial charge in [0.05, 0.1) is 5.75 Å². The average Bonchev–Trinajstić information content (AvgIpc) is 2.32. The number of unbranched alkanes of at least 4 members (excludes halogenated alkanes) is 1. The molecule has 0 spiro atoms. The monoisotopic (exact) mass is 290 g/mol. The van der Waals surface area contributed by atoms with Gasteiger partial charge >= 0.3 is 0 Å². The second-order valence-corrected chi connectivity index (χ2v) is 6.45. The third-order valence-electron chi connectivity index (χ3n) is 2.52. The largest absolute Gasteiger partial charge is 0.330 e.